The minimum absolute atomic E-state index is 0.415. The first-order valence-corrected chi connectivity index (χ1v) is 5.70. The molecule has 0 aromatic heterocycles. The SMILES string of the molecule is O=C(S)CC(OC(=O)CC(S)C(=O)O)C(=O)S. The molecule has 0 saturated carbocycles. The van der Waals surface area contributed by atoms with Crippen molar-refractivity contribution >= 4 is 60.1 Å². The van der Waals surface area contributed by atoms with Gasteiger partial charge in [0, 0.05) is 0 Å². The maximum Gasteiger partial charge on any atom is 0.316 e. The standard InChI is InChI=1S/C8H10O6S3/c9-5(2-4(15)7(11)12)14-3(8(13)17)1-6(10)16/h3-4,15H,1-2H2,(H,10,16)(H,11,12)(H,13,17). The van der Waals surface area contributed by atoms with Crippen molar-refractivity contribution in [1.29, 1.82) is 0 Å². The third kappa shape index (κ3) is 7.29. The summed E-state index contributed by atoms with van der Waals surface area (Å²) in [6.07, 6.45) is -2.29. The van der Waals surface area contributed by atoms with E-state index in [0.29, 0.717) is 0 Å². The molecular formula is C8H10O6S3. The molecule has 0 heterocycles. The monoisotopic (exact) mass is 298 g/mol. The quantitative estimate of drug-likeness (QED) is 0.389. The predicted molar refractivity (Wildman–Crippen MR) is 67.5 cm³/mol. The number of ether oxygens (including phenoxy) is 1. The Kier molecular flexibility index (Phi) is 7.32. The van der Waals surface area contributed by atoms with Crippen molar-refractivity contribution in [3.63, 3.8) is 0 Å². The Balaban J connectivity index is 4.36. The van der Waals surface area contributed by atoms with Crippen molar-refractivity contribution < 1.29 is 29.0 Å². The zero-order valence-electron chi connectivity index (χ0n) is 8.40. The number of carboxylic acid groups (broad SMARTS) is 1. The second kappa shape index (κ2) is 7.62. The second-order valence-electron chi connectivity index (χ2n) is 2.97. The molecule has 9 heteroatoms. The van der Waals surface area contributed by atoms with E-state index in [1.54, 1.807) is 0 Å². The highest BCUT2D eigenvalue weighted by atomic mass is 32.1. The second-order valence-corrected chi connectivity index (χ2v) is 4.54. The van der Waals surface area contributed by atoms with E-state index in [1.165, 1.54) is 0 Å². The maximum atomic E-state index is 11.2. The molecule has 0 fully saturated rings. The molecule has 2 atom stereocenters. The van der Waals surface area contributed by atoms with Crippen molar-refractivity contribution in [2.75, 3.05) is 0 Å². The summed E-state index contributed by atoms with van der Waals surface area (Å²) in [5.41, 5.74) is 0. The Morgan fingerprint density at radius 3 is 2.00 bits per heavy atom. The molecule has 17 heavy (non-hydrogen) atoms. The van der Waals surface area contributed by atoms with Gasteiger partial charge in [-0.2, -0.15) is 12.6 Å². The van der Waals surface area contributed by atoms with Crippen LogP contribution in [0.15, 0.2) is 0 Å². The lowest BCUT2D eigenvalue weighted by molar-refractivity contribution is -0.154. The van der Waals surface area contributed by atoms with E-state index in [4.69, 9.17) is 5.11 Å². The Morgan fingerprint density at radius 1 is 1.12 bits per heavy atom. The van der Waals surface area contributed by atoms with Gasteiger partial charge in [0.2, 0.25) is 5.12 Å². The summed E-state index contributed by atoms with van der Waals surface area (Å²) in [6.45, 7) is 0. The third-order valence-corrected chi connectivity index (χ3v) is 2.43. The van der Waals surface area contributed by atoms with E-state index in [1.807, 2.05) is 0 Å². The lowest BCUT2D eigenvalue weighted by Crippen LogP contribution is -2.28. The Labute approximate surface area is 113 Å². The van der Waals surface area contributed by atoms with Gasteiger partial charge in [-0.3, -0.25) is 19.2 Å². The van der Waals surface area contributed by atoms with Crippen LogP contribution in [0.1, 0.15) is 12.8 Å². The molecule has 0 spiro atoms. The molecule has 0 aromatic rings. The van der Waals surface area contributed by atoms with Crippen LogP contribution in [0.2, 0.25) is 0 Å². The van der Waals surface area contributed by atoms with Gasteiger partial charge in [0.15, 0.2) is 11.2 Å². The number of esters is 1. The lowest BCUT2D eigenvalue weighted by Gasteiger charge is -2.13. The Bertz CT molecular complexity index is 342. The molecule has 0 rings (SSSR count). The van der Waals surface area contributed by atoms with Crippen LogP contribution in [0.3, 0.4) is 0 Å². The largest absolute Gasteiger partial charge is 0.480 e. The number of hydrogen-bond donors (Lipinski definition) is 4. The number of hydrogen-bond acceptors (Lipinski definition) is 6. The van der Waals surface area contributed by atoms with Gasteiger partial charge in [-0.1, -0.05) is 0 Å². The molecule has 96 valence electrons. The molecule has 0 saturated heterocycles. The fraction of sp³-hybridized carbons (Fsp3) is 0.500. The van der Waals surface area contributed by atoms with Crippen molar-refractivity contribution in [3.8, 4) is 0 Å². The Morgan fingerprint density at radius 2 is 1.65 bits per heavy atom. The highest BCUT2D eigenvalue weighted by Crippen LogP contribution is 2.10. The summed E-state index contributed by atoms with van der Waals surface area (Å²) in [5.74, 6) is -2.24. The van der Waals surface area contributed by atoms with E-state index in [0.717, 1.165) is 0 Å². The third-order valence-electron chi connectivity index (χ3n) is 1.55. The molecule has 1 N–H and O–H groups in total. The number of thiol groups is 3. The molecule has 2 unspecified atom stereocenters. The van der Waals surface area contributed by atoms with Crippen LogP contribution in [0.5, 0.6) is 0 Å². The molecule has 0 amide bonds. The summed E-state index contributed by atoms with van der Waals surface area (Å²) in [6, 6.07) is 0. The van der Waals surface area contributed by atoms with Gasteiger partial charge in [0.1, 0.15) is 5.25 Å². The highest BCUT2D eigenvalue weighted by Gasteiger charge is 2.25. The summed E-state index contributed by atoms with van der Waals surface area (Å²) in [7, 11) is 0. The normalized spacial score (nSPS) is 13.6. The predicted octanol–water partition coefficient (Wildman–Crippen LogP) is -0.0258. The van der Waals surface area contributed by atoms with Crippen molar-refractivity contribution in [3.05, 3.63) is 0 Å². The highest BCUT2D eigenvalue weighted by molar-refractivity contribution is 7.97. The van der Waals surface area contributed by atoms with E-state index in [2.05, 4.69) is 42.6 Å². The first-order valence-electron chi connectivity index (χ1n) is 4.29. The van der Waals surface area contributed by atoms with E-state index >= 15 is 0 Å². The molecule has 6 nitrogen and oxygen atoms in total. The maximum absolute atomic E-state index is 11.2. The summed E-state index contributed by atoms with van der Waals surface area (Å²) >= 11 is 10.5. The van der Waals surface area contributed by atoms with Crippen molar-refractivity contribution in [2.24, 2.45) is 0 Å². The van der Waals surface area contributed by atoms with Crippen LogP contribution in [0.4, 0.5) is 0 Å². The summed E-state index contributed by atoms with van der Waals surface area (Å²) < 4.78 is 4.60. The number of carboxylic acids is 1. The van der Waals surface area contributed by atoms with Gasteiger partial charge in [0.05, 0.1) is 12.8 Å². The van der Waals surface area contributed by atoms with E-state index in [9.17, 15) is 19.2 Å². The van der Waals surface area contributed by atoms with Crippen LogP contribution in [0, 0.1) is 0 Å². The number of carbonyl (C=O) groups is 4. The van der Waals surface area contributed by atoms with Crippen LogP contribution < -0.4 is 0 Å². The van der Waals surface area contributed by atoms with Gasteiger partial charge in [-0.05, 0) is 0 Å². The van der Waals surface area contributed by atoms with Crippen molar-refractivity contribution in [2.45, 2.75) is 24.2 Å². The zero-order valence-corrected chi connectivity index (χ0v) is 11.1. The average molecular weight is 298 g/mol. The van der Waals surface area contributed by atoms with Gasteiger partial charge < -0.3 is 9.84 Å². The number of carbonyl (C=O) groups excluding carboxylic acids is 3. The molecule has 0 aliphatic heterocycles. The minimum atomic E-state index is -1.36. The van der Waals surface area contributed by atoms with E-state index in [-0.39, 0.29) is 0 Å². The van der Waals surface area contributed by atoms with Gasteiger partial charge in [-0.15, -0.1) is 25.3 Å². The molecule has 0 aliphatic rings. The topological polar surface area (TPSA) is 97.7 Å². The average Bonchev–Trinajstić information content (AvgIpc) is 2.15. The molecule has 0 aliphatic carbocycles. The first-order chi connectivity index (χ1) is 7.73. The summed E-state index contributed by atoms with van der Waals surface area (Å²) in [4.78, 5) is 43.1. The van der Waals surface area contributed by atoms with Crippen LogP contribution in [-0.2, 0) is 23.9 Å². The van der Waals surface area contributed by atoms with Gasteiger partial charge in [0.25, 0.3) is 0 Å². The molecule has 0 bridgehead atoms. The van der Waals surface area contributed by atoms with Crippen LogP contribution >= 0.6 is 37.9 Å². The fourth-order valence-electron chi connectivity index (χ4n) is 0.790. The fourth-order valence-corrected chi connectivity index (χ4v) is 1.25. The smallest absolute Gasteiger partial charge is 0.316 e. The molecule has 0 radical (unpaired) electrons. The Hall–Kier alpha value is -0.670. The zero-order chi connectivity index (χ0) is 13.6. The molecule has 0 aromatic carbocycles. The van der Waals surface area contributed by atoms with Crippen LogP contribution in [0.25, 0.3) is 0 Å². The van der Waals surface area contributed by atoms with Crippen molar-refractivity contribution in [1.82, 2.24) is 0 Å². The lowest BCUT2D eigenvalue weighted by atomic mass is 10.2. The summed E-state index contributed by atoms with van der Waals surface area (Å²) in [5, 5.41) is 5.79. The van der Waals surface area contributed by atoms with Gasteiger partial charge >= 0.3 is 11.9 Å². The minimum Gasteiger partial charge on any atom is -0.480 e. The number of rotatable bonds is 7. The van der Waals surface area contributed by atoms with E-state index < -0.39 is 46.4 Å². The first kappa shape index (κ1) is 16.3. The van der Waals surface area contributed by atoms with Gasteiger partial charge in [-0.25, -0.2) is 0 Å². The van der Waals surface area contributed by atoms with Crippen LogP contribution in [-0.4, -0.2) is 38.6 Å². The number of aliphatic carboxylic acids is 1. The molecular weight excluding hydrogens is 288 g/mol.